The lowest BCUT2D eigenvalue weighted by Gasteiger charge is -2.13. The van der Waals surface area contributed by atoms with Crippen LogP contribution in [0.3, 0.4) is 0 Å². The number of rotatable bonds is 6. The Labute approximate surface area is 102 Å². The minimum Gasteiger partial charge on any atom is -0.398 e. The van der Waals surface area contributed by atoms with Gasteiger partial charge in [-0.15, -0.1) is 0 Å². The molecular formula is C13H20N2O2. The summed E-state index contributed by atoms with van der Waals surface area (Å²) >= 11 is 0. The largest absolute Gasteiger partial charge is 0.398 e. The van der Waals surface area contributed by atoms with Crippen molar-refractivity contribution in [3.05, 3.63) is 23.8 Å². The summed E-state index contributed by atoms with van der Waals surface area (Å²) in [5.41, 5.74) is 7.50. The summed E-state index contributed by atoms with van der Waals surface area (Å²) in [6, 6.07) is 5.22. The van der Waals surface area contributed by atoms with Gasteiger partial charge < -0.3 is 16.2 Å². The van der Waals surface area contributed by atoms with Gasteiger partial charge in [-0.1, -0.05) is 13.3 Å². The Morgan fingerprint density at radius 3 is 2.82 bits per heavy atom. The lowest BCUT2D eigenvalue weighted by Crippen LogP contribution is -2.19. The predicted molar refractivity (Wildman–Crippen MR) is 70.3 cm³/mol. The SMILES string of the molecule is CCCC(O)CNc1ccc(N)c(C(C)=O)c1. The van der Waals surface area contributed by atoms with Crippen molar-refractivity contribution in [2.45, 2.75) is 32.8 Å². The zero-order valence-corrected chi connectivity index (χ0v) is 10.4. The Balaban J connectivity index is 2.66. The van der Waals surface area contributed by atoms with E-state index in [1.807, 2.05) is 6.92 Å². The molecule has 1 atom stereocenters. The van der Waals surface area contributed by atoms with E-state index in [9.17, 15) is 9.90 Å². The van der Waals surface area contributed by atoms with E-state index in [2.05, 4.69) is 5.32 Å². The summed E-state index contributed by atoms with van der Waals surface area (Å²) in [5.74, 6) is -0.0553. The molecule has 0 heterocycles. The van der Waals surface area contributed by atoms with Crippen molar-refractivity contribution in [1.82, 2.24) is 0 Å². The van der Waals surface area contributed by atoms with E-state index in [0.29, 0.717) is 17.8 Å². The Morgan fingerprint density at radius 2 is 2.24 bits per heavy atom. The number of nitrogens with one attached hydrogen (secondary N) is 1. The highest BCUT2D eigenvalue weighted by molar-refractivity contribution is 5.99. The van der Waals surface area contributed by atoms with E-state index in [1.165, 1.54) is 6.92 Å². The molecule has 94 valence electrons. The molecule has 0 amide bonds. The monoisotopic (exact) mass is 236 g/mol. The van der Waals surface area contributed by atoms with Crippen molar-refractivity contribution in [2.75, 3.05) is 17.6 Å². The molecule has 0 aromatic heterocycles. The van der Waals surface area contributed by atoms with Crippen LogP contribution in [0.4, 0.5) is 11.4 Å². The summed E-state index contributed by atoms with van der Waals surface area (Å²) in [4.78, 5) is 11.3. The number of carbonyl (C=O) groups excluding carboxylic acids is 1. The van der Waals surface area contributed by atoms with Gasteiger partial charge in [0, 0.05) is 23.5 Å². The maximum absolute atomic E-state index is 11.3. The maximum Gasteiger partial charge on any atom is 0.161 e. The molecule has 0 spiro atoms. The Hall–Kier alpha value is -1.55. The van der Waals surface area contributed by atoms with Crippen LogP contribution in [0.25, 0.3) is 0 Å². The summed E-state index contributed by atoms with van der Waals surface area (Å²) in [6.45, 7) is 4.00. The van der Waals surface area contributed by atoms with Crippen LogP contribution in [0, 0.1) is 0 Å². The van der Waals surface area contributed by atoms with E-state index in [-0.39, 0.29) is 11.9 Å². The van der Waals surface area contributed by atoms with Gasteiger partial charge in [0.05, 0.1) is 6.10 Å². The molecule has 4 N–H and O–H groups in total. The van der Waals surface area contributed by atoms with Crippen LogP contribution < -0.4 is 11.1 Å². The molecule has 4 heteroatoms. The van der Waals surface area contributed by atoms with Crippen molar-refractivity contribution in [3.63, 3.8) is 0 Å². The van der Waals surface area contributed by atoms with E-state index in [4.69, 9.17) is 5.73 Å². The smallest absolute Gasteiger partial charge is 0.161 e. The number of aliphatic hydroxyl groups excluding tert-OH is 1. The van der Waals surface area contributed by atoms with E-state index < -0.39 is 0 Å². The molecule has 0 saturated heterocycles. The topological polar surface area (TPSA) is 75.3 Å². The molecular weight excluding hydrogens is 216 g/mol. The van der Waals surface area contributed by atoms with Crippen molar-refractivity contribution >= 4 is 17.2 Å². The molecule has 17 heavy (non-hydrogen) atoms. The van der Waals surface area contributed by atoms with Crippen LogP contribution >= 0.6 is 0 Å². The number of benzene rings is 1. The molecule has 1 rings (SSSR count). The van der Waals surface area contributed by atoms with E-state index in [1.54, 1.807) is 18.2 Å². The van der Waals surface area contributed by atoms with Gasteiger partial charge in [0.1, 0.15) is 0 Å². The molecule has 4 nitrogen and oxygen atoms in total. The fraction of sp³-hybridized carbons (Fsp3) is 0.462. The van der Waals surface area contributed by atoms with E-state index >= 15 is 0 Å². The molecule has 0 bridgehead atoms. The second-order valence-electron chi connectivity index (χ2n) is 4.18. The summed E-state index contributed by atoms with van der Waals surface area (Å²) < 4.78 is 0. The van der Waals surface area contributed by atoms with Gasteiger partial charge in [-0.3, -0.25) is 4.79 Å². The molecule has 1 aromatic rings. The molecule has 0 aliphatic heterocycles. The van der Waals surface area contributed by atoms with Crippen molar-refractivity contribution in [1.29, 1.82) is 0 Å². The van der Waals surface area contributed by atoms with Gasteiger partial charge in [0.25, 0.3) is 0 Å². The molecule has 1 aromatic carbocycles. The zero-order chi connectivity index (χ0) is 12.8. The number of nitrogen functional groups attached to an aromatic ring is 1. The highest BCUT2D eigenvalue weighted by Gasteiger charge is 2.07. The summed E-state index contributed by atoms with van der Waals surface area (Å²) in [6.07, 6.45) is 1.35. The molecule has 1 unspecified atom stereocenters. The number of nitrogens with two attached hydrogens (primary N) is 1. The minimum atomic E-state index is -0.363. The zero-order valence-electron chi connectivity index (χ0n) is 10.4. The number of Topliss-reactive ketones (excluding diaryl/α,β-unsaturated/α-hetero) is 1. The van der Waals surface area contributed by atoms with Gasteiger partial charge in [-0.25, -0.2) is 0 Å². The number of aliphatic hydroxyl groups is 1. The van der Waals surface area contributed by atoms with Crippen LogP contribution in [-0.4, -0.2) is 23.5 Å². The standard InChI is InChI=1S/C13H20N2O2/c1-3-4-11(17)8-15-10-5-6-13(14)12(7-10)9(2)16/h5-7,11,15,17H,3-4,8,14H2,1-2H3. The first-order valence-corrected chi connectivity index (χ1v) is 5.87. The highest BCUT2D eigenvalue weighted by Crippen LogP contribution is 2.18. The highest BCUT2D eigenvalue weighted by atomic mass is 16.3. The third kappa shape index (κ3) is 4.07. The first-order valence-electron chi connectivity index (χ1n) is 5.87. The second kappa shape index (κ2) is 6.25. The van der Waals surface area contributed by atoms with Crippen molar-refractivity contribution in [2.24, 2.45) is 0 Å². The minimum absolute atomic E-state index is 0.0553. The average molecular weight is 236 g/mol. The summed E-state index contributed by atoms with van der Waals surface area (Å²) in [7, 11) is 0. The van der Waals surface area contributed by atoms with Gasteiger partial charge in [-0.2, -0.15) is 0 Å². The van der Waals surface area contributed by atoms with Crippen molar-refractivity contribution in [3.8, 4) is 0 Å². The number of hydrogen-bond donors (Lipinski definition) is 3. The Morgan fingerprint density at radius 1 is 1.53 bits per heavy atom. The van der Waals surface area contributed by atoms with Crippen LogP contribution in [0.5, 0.6) is 0 Å². The lowest BCUT2D eigenvalue weighted by molar-refractivity contribution is 0.101. The fourth-order valence-corrected chi connectivity index (χ4v) is 1.64. The van der Waals surface area contributed by atoms with Gasteiger partial charge in [0.2, 0.25) is 0 Å². The normalized spacial score (nSPS) is 12.2. The first-order chi connectivity index (χ1) is 8.04. The Kier molecular flexibility index (Phi) is 4.97. The molecule has 0 radical (unpaired) electrons. The van der Waals surface area contributed by atoms with E-state index in [0.717, 1.165) is 18.5 Å². The van der Waals surface area contributed by atoms with Crippen LogP contribution in [0.1, 0.15) is 37.0 Å². The van der Waals surface area contributed by atoms with Crippen LogP contribution in [0.15, 0.2) is 18.2 Å². The van der Waals surface area contributed by atoms with Crippen molar-refractivity contribution < 1.29 is 9.90 Å². The van der Waals surface area contributed by atoms with Crippen LogP contribution in [0.2, 0.25) is 0 Å². The average Bonchev–Trinajstić information content (AvgIpc) is 2.28. The maximum atomic E-state index is 11.3. The first kappa shape index (κ1) is 13.5. The number of anilines is 2. The fourth-order valence-electron chi connectivity index (χ4n) is 1.64. The quantitative estimate of drug-likeness (QED) is 0.522. The molecule has 0 fully saturated rings. The molecule has 0 saturated carbocycles. The van der Waals surface area contributed by atoms with Gasteiger partial charge >= 0.3 is 0 Å². The lowest BCUT2D eigenvalue weighted by atomic mass is 10.1. The number of ketones is 1. The third-order valence-electron chi connectivity index (χ3n) is 2.60. The Bertz CT molecular complexity index is 391. The van der Waals surface area contributed by atoms with Gasteiger partial charge in [0.15, 0.2) is 5.78 Å². The molecule has 0 aliphatic carbocycles. The second-order valence-corrected chi connectivity index (χ2v) is 4.18. The molecule has 0 aliphatic rings. The summed E-state index contributed by atoms with van der Waals surface area (Å²) in [5, 5.41) is 12.7. The van der Waals surface area contributed by atoms with Crippen LogP contribution in [-0.2, 0) is 0 Å². The third-order valence-corrected chi connectivity index (χ3v) is 2.60. The predicted octanol–water partition coefficient (Wildman–Crippen LogP) is 2.04. The number of carbonyl (C=O) groups is 1. The number of hydrogen-bond acceptors (Lipinski definition) is 4. The van der Waals surface area contributed by atoms with Gasteiger partial charge in [-0.05, 0) is 31.5 Å².